The van der Waals surface area contributed by atoms with Gasteiger partial charge in [-0.25, -0.2) is 4.79 Å². The lowest BCUT2D eigenvalue weighted by molar-refractivity contribution is -0.122. The summed E-state index contributed by atoms with van der Waals surface area (Å²) in [6.07, 6.45) is 0. The van der Waals surface area contributed by atoms with Crippen LogP contribution < -0.4 is 20.7 Å². The number of urea groups is 1. The second-order valence-corrected chi connectivity index (χ2v) is 5.72. The lowest BCUT2D eigenvalue weighted by atomic mass is 10.1. The number of ether oxygens (including phenoxy) is 1. The van der Waals surface area contributed by atoms with Crippen LogP contribution in [0.5, 0.6) is 5.75 Å². The summed E-state index contributed by atoms with van der Waals surface area (Å²) < 4.78 is 5.32. The van der Waals surface area contributed by atoms with E-state index in [1.54, 1.807) is 45.0 Å². The topological polar surface area (TPSA) is 96.5 Å². The highest BCUT2D eigenvalue weighted by molar-refractivity contribution is 5.95. The maximum absolute atomic E-state index is 11.7. The zero-order chi connectivity index (χ0) is 16.8. The standard InChI is InChI=1S/C15H21N3O4/c1-10(19)16-11-7-5-6-8-12(11)22-9-13(20)17-14(21)18-15(2,3)4/h5-8H,9H2,1-4H3,(H,16,19)(H2,17,18,20,21). The van der Waals surface area contributed by atoms with Crippen LogP contribution in [0.1, 0.15) is 27.7 Å². The van der Waals surface area contributed by atoms with Gasteiger partial charge in [0.15, 0.2) is 6.61 Å². The Morgan fingerprint density at radius 2 is 1.77 bits per heavy atom. The largest absolute Gasteiger partial charge is 0.482 e. The highest BCUT2D eigenvalue weighted by Crippen LogP contribution is 2.23. The van der Waals surface area contributed by atoms with Crippen LogP contribution in [0.15, 0.2) is 24.3 Å². The molecule has 0 radical (unpaired) electrons. The minimum Gasteiger partial charge on any atom is -0.482 e. The smallest absolute Gasteiger partial charge is 0.321 e. The molecule has 7 nitrogen and oxygen atoms in total. The Balaban J connectivity index is 2.54. The Hall–Kier alpha value is -2.57. The minimum absolute atomic E-state index is 0.245. The molecule has 4 amide bonds. The number of hydrogen-bond donors (Lipinski definition) is 3. The van der Waals surface area contributed by atoms with Gasteiger partial charge in [-0.3, -0.25) is 14.9 Å². The molecule has 0 aliphatic heterocycles. The van der Waals surface area contributed by atoms with Gasteiger partial charge in [-0.2, -0.15) is 0 Å². The Morgan fingerprint density at radius 1 is 1.14 bits per heavy atom. The quantitative estimate of drug-likeness (QED) is 0.788. The fraction of sp³-hybridized carbons (Fsp3) is 0.400. The molecule has 0 atom stereocenters. The van der Waals surface area contributed by atoms with E-state index in [4.69, 9.17) is 4.74 Å². The molecule has 0 fully saturated rings. The van der Waals surface area contributed by atoms with E-state index in [0.29, 0.717) is 11.4 Å². The third-order valence-corrected chi connectivity index (χ3v) is 2.30. The zero-order valence-electron chi connectivity index (χ0n) is 13.1. The van der Waals surface area contributed by atoms with Gasteiger partial charge in [0.25, 0.3) is 5.91 Å². The summed E-state index contributed by atoms with van der Waals surface area (Å²) >= 11 is 0. The predicted octanol–water partition coefficient (Wildman–Crippen LogP) is 1.65. The molecule has 1 rings (SSSR count). The van der Waals surface area contributed by atoms with Gasteiger partial charge in [0, 0.05) is 12.5 Å². The highest BCUT2D eigenvalue weighted by atomic mass is 16.5. The van der Waals surface area contributed by atoms with E-state index in [-0.39, 0.29) is 12.5 Å². The number of anilines is 1. The summed E-state index contributed by atoms with van der Waals surface area (Å²) in [6.45, 7) is 6.44. The first-order valence-corrected chi connectivity index (χ1v) is 6.79. The van der Waals surface area contributed by atoms with Crippen LogP contribution in [0.2, 0.25) is 0 Å². The van der Waals surface area contributed by atoms with Crippen LogP contribution >= 0.6 is 0 Å². The average Bonchev–Trinajstić information content (AvgIpc) is 2.34. The van der Waals surface area contributed by atoms with Crippen molar-refractivity contribution >= 4 is 23.5 Å². The van der Waals surface area contributed by atoms with Crippen molar-refractivity contribution in [2.45, 2.75) is 33.2 Å². The van der Waals surface area contributed by atoms with Crippen molar-refractivity contribution in [1.29, 1.82) is 0 Å². The first-order chi connectivity index (χ1) is 10.2. The number of amides is 4. The van der Waals surface area contributed by atoms with E-state index in [0.717, 1.165) is 0 Å². The summed E-state index contributed by atoms with van der Waals surface area (Å²) in [5.41, 5.74) is 0.0189. The van der Waals surface area contributed by atoms with Crippen LogP contribution in [0.25, 0.3) is 0 Å². The first-order valence-electron chi connectivity index (χ1n) is 6.79. The molecule has 0 bridgehead atoms. The molecule has 0 spiro atoms. The van der Waals surface area contributed by atoms with Gasteiger partial charge in [0.1, 0.15) is 5.75 Å². The molecule has 0 aliphatic carbocycles. The van der Waals surface area contributed by atoms with Crippen molar-refractivity contribution in [3.05, 3.63) is 24.3 Å². The number of para-hydroxylation sites is 2. The number of hydrogen-bond acceptors (Lipinski definition) is 4. The highest BCUT2D eigenvalue weighted by Gasteiger charge is 2.16. The molecule has 0 saturated heterocycles. The Morgan fingerprint density at radius 3 is 2.36 bits per heavy atom. The van der Waals surface area contributed by atoms with Crippen LogP contribution in [-0.4, -0.2) is 30.0 Å². The van der Waals surface area contributed by atoms with Gasteiger partial charge >= 0.3 is 6.03 Å². The number of carbonyl (C=O) groups excluding carboxylic acids is 3. The number of imide groups is 1. The number of rotatable bonds is 4. The van der Waals surface area contributed by atoms with Crippen LogP contribution in [-0.2, 0) is 9.59 Å². The first kappa shape index (κ1) is 17.5. The third kappa shape index (κ3) is 6.74. The van der Waals surface area contributed by atoms with Gasteiger partial charge in [0.05, 0.1) is 5.69 Å². The molecule has 3 N–H and O–H groups in total. The molecule has 0 aliphatic rings. The Kier molecular flexibility index (Phi) is 5.91. The minimum atomic E-state index is -0.587. The molecular formula is C15H21N3O4. The zero-order valence-corrected chi connectivity index (χ0v) is 13.1. The van der Waals surface area contributed by atoms with Gasteiger partial charge < -0.3 is 15.4 Å². The monoisotopic (exact) mass is 307 g/mol. The molecule has 0 unspecified atom stereocenters. The van der Waals surface area contributed by atoms with E-state index in [1.807, 2.05) is 0 Å². The maximum Gasteiger partial charge on any atom is 0.321 e. The molecule has 120 valence electrons. The van der Waals surface area contributed by atoms with Crippen molar-refractivity contribution in [2.24, 2.45) is 0 Å². The van der Waals surface area contributed by atoms with Gasteiger partial charge in [-0.15, -0.1) is 0 Å². The fourth-order valence-electron chi connectivity index (χ4n) is 1.56. The molecule has 0 saturated carbocycles. The van der Waals surface area contributed by atoms with E-state index >= 15 is 0 Å². The van der Waals surface area contributed by atoms with E-state index in [1.165, 1.54) is 6.92 Å². The maximum atomic E-state index is 11.7. The third-order valence-electron chi connectivity index (χ3n) is 2.30. The number of benzene rings is 1. The van der Waals surface area contributed by atoms with E-state index < -0.39 is 17.5 Å². The summed E-state index contributed by atoms with van der Waals surface area (Å²) in [6, 6.07) is 6.13. The molecule has 22 heavy (non-hydrogen) atoms. The van der Waals surface area contributed by atoms with Crippen molar-refractivity contribution in [3.8, 4) is 5.75 Å². The average molecular weight is 307 g/mol. The van der Waals surface area contributed by atoms with Crippen LogP contribution in [0.3, 0.4) is 0 Å². The summed E-state index contributed by atoms with van der Waals surface area (Å²) in [5, 5.41) is 7.36. The second kappa shape index (κ2) is 7.44. The molecule has 0 aromatic heterocycles. The van der Waals surface area contributed by atoms with Crippen LogP contribution in [0.4, 0.5) is 10.5 Å². The fourth-order valence-corrected chi connectivity index (χ4v) is 1.56. The van der Waals surface area contributed by atoms with Crippen molar-refractivity contribution < 1.29 is 19.1 Å². The predicted molar refractivity (Wildman–Crippen MR) is 82.7 cm³/mol. The summed E-state index contributed by atoms with van der Waals surface area (Å²) in [5.74, 6) is -0.478. The van der Waals surface area contributed by atoms with Crippen LogP contribution in [0, 0.1) is 0 Å². The lowest BCUT2D eigenvalue weighted by Gasteiger charge is -2.20. The molecule has 7 heteroatoms. The number of carbonyl (C=O) groups is 3. The lowest BCUT2D eigenvalue weighted by Crippen LogP contribution is -2.49. The normalized spacial score (nSPS) is 10.5. The Labute approximate surface area is 129 Å². The number of nitrogens with one attached hydrogen (secondary N) is 3. The van der Waals surface area contributed by atoms with E-state index in [9.17, 15) is 14.4 Å². The molecule has 1 aromatic rings. The Bertz CT molecular complexity index is 564. The van der Waals surface area contributed by atoms with Gasteiger partial charge in [-0.05, 0) is 32.9 Å². The van der Waals surface area contributed by atoms with Gasteiger partial charge in [0.2, 0.25) is 5.91 Å². The van der Waals surface area contributed by atoms with Crippen molar-refractivity contribution in [3.63, 3.8) is 0 Å². The van der Waals surface area contributed by atoms with Gasteiger partial charge in [-0.1, -0.05) is 12.1 Å². The molecular weight excluding hydrogens is 286 g/mol. The van der Waals surface area contributed by atoms with E-state index in [2.05, 4.69) is 16.0 Å². The summed E-state index contributed by atoms with van der Waals surface area (Å²) in [4.78, 5) is 34.3. The summed E-state index contributed by atoms with van der Waals surface area (Å²) in [7, 11) is 0. The molecule has 1 aromatic carbocycles. The molecule has 0 heterocycles. The van der Waals surface area contributed by atoms with Crippen molar-refractivity contribution in [1.82, 2.24) is 10.6 Å². The van der Waals surface area contributed by atoms with Crippen molar-refractivity contribution in [2.75, 3.05) is 11.9 Å². The second-order valence-electron chi connectivity index (χ2n) is 5.72. The SMILES string of the molecule is CC(=O)Nc1ccccc1OCC(=O)NC(=O)NC(C)(C)C.